The normalized spacial score (nSPS) is 28.3. The van der Waals surface area contributed by atoms with E-state index in [4.69, 9.17) is 14.2 Å². The monoisotopic (exact) mass is 404 g/mol. The quantitative estimate of drug-likeness (QED) is 0.221. The van der Waals surface area contributed by atoms with Gasteiger partial charge in [-0.2, -0.15) is 0 Å². The SMILES string of the molecule is C=C1C(=O)OC2/C=C(\COC(C)=O)CC/C=C(/C=O)CC(OC(=O)CC(C)C)C12. The second kappa shape index (κ2) is 10.2. The van der Waals surface area contributed by atoms with E-state index in [1.807, 2.05) is 13.8 Å². The number of carbonyl (C=O) groups excluding carboxylic acids is 4. The van der Waals surface area contributed by atoms with Crippen LogP contribution < -0.4 is 0 Å². The zero-order valence-corrected chi connectivity index (χ0v) is 17.1. The second-order valence-electron chi connectivity index (χ2n) is 7.79. The van der Waals surface area contributed by atoms with Gasteiger partial charge in [0.1, 0.15) is 25.1 Å². The zero-order valence-electron chi connectivity index (χ0n) is 17.1. The van der Waals surface area contributed by atoms with Crippen molar-refractivity contribution in [3.05, 3.63) is 35.5 Å². The number of fused-ring (bicyclic) bond motifs is 1. The van der Waals surface area contributed by atoms with Crippen LogP contribution in [0.1, 0.15) is 46.5 Å². The molecule has 1 aliphatic carbocycles. The topological polar surface area (TPSA) is 96.0 Å². The number of esters is 3. The first-order chi connectivity index (χ1) is 13.7. The Hall–Kier alpha value is -2.70. The molecule has 29 heavy (non-hydrogen) atoms. The minimum absolute atomic E-state index is 0.0602. The molecule has 0 N–H and O–H groups in total. The average Bonchev–Trinajstić information content (AvgIpc) is 2.90. The number of hydrogen-bond acceptors (Lipinski definition) is 7. The number of hydrogen-bond donors (Lipinski definition) is 0. The van der Waals surface area contributed by atoms with Crippen LogP contribution in [0.25, 0.3) is 0 Å². The number of allylic oxidation sites excluding steroid dienone is 1. The fourth-order valence-electron chi connectivity index (χ4n) is 3.46. The van der Waals surface area contributed by atoms with Gasteiger partial charge in [0.15, 0.2) is 0 Å². The zero-order chi connectivity index (χ0) is 21.6. The lowest BCUT2D eigenvalue weighted by atomic mass is 9.85. The summed E-state index contributed by atoms with van der Waals surface area (Å²) in [5.41, 5.74) is 1.44. The molecule has 1 fully saturated rings. The Morgan fingerprint density at radius 3 is 2.72 bits per heavy atom. The highest BCUT2D eigenvalue weighted by Gasteiger charge is 2.44. The van der Waals surface area contributed by atoms with Gasteiger partial charge < -0.3 is 14.2 Å². The van der Waals surface area contributed by atoms with E-state index < -0.39 is 36.0 Å². The van der Waals surface area contributed by atoms with Gasteiger partial charge in [0.2, 0.25) is 0 Å². The third-order valence-electron chi connectivity index (χ3n) is 4.84. The molecule has 3 unspecified atom stereocenters. The molecular weight excluding hydrogens is 376 g/mol. The van der Waals surface area contributed by atoms with Crippen molar-refractivity contribution < 1.29 is 33.4 Å². The van der Waals surface area contributed by atoms with Crippen LogP contribution in [-0.4, -0.2) is 43.0 Å². The number of rotatable bonds is 6. The maximum atomic E-state index is 12.3. The molecule has 3 atom stereocenters. The van der Waals surface area contributed by atoms with E-state index >= 15 is 0 Å². The van der Waals surface area contributed by atoms with E-state index in [-0.39, 0.29) is 30.9 Å². The number of aldehydes is 1. The van der Waals surface area contributed by atoms with Crippen LogP contribution in [0.2, 0.25) is 0 Å². The molecule has 0 amide bonds. The first kappa shape index (κ1) is 22.6. The van der Waals surface area contributed by atoms with Crippen molar-refractivity contribution in [2.24, 2.45) is 11.8 Å². The molecule has 0 saturated carbocycles. The van der Waals surface area contributed by atoms with Crippen LogP contribution in [0.15, 0.2) is 35.5 Å². The summed E-state index contributed by atoms with van der Waals surface area (Å²) in [7, 11) is 0. The van der Waals surface area contributed by atoms with E-state index in [2.05, 4.69) is 6.58 Å². The summed E-state index contributed by atoms with van der Waals surface area (Å²) in [6.45, 7) is 9.01. The summed E-state index contributed by atoms with van der Waals surface area (Å²) in [4.78, 5) is 47.3. The van der Waals surface area contributed by atoms with E-state index in [1.165, 1.54) is 6.92 Å². The smallest absolute Gasteiger partial charge is 0.334 e. The van der Waals surface area contributed by atoms with Gasteiger partial charge in [0, 0.05) is 25.3 Å². The van der Waals surface area contributed by atoms with Crippen molar-refractivity contribution in [1.82, 2.24) is 0 Å². The third-order valence-corrected chi connectivity index (χ3v) is 4.84. The van der Waals surface area contributed by atoms with Crippen LogP contribution in [0.4, 0.5) is 0 Å². The van der Waals surface area contributed by atoms with Crippen LogP contribution in [-0.2, 0) is 33.4 Å². The second-order valence-corrected chi connectivity index (χ2v) is 7.79. The Labute approximate surface area is 170 Å². The summed E-state index contributed by atoms with van der Waals surface area (Å²) in [5, 5.41) is 0. The first-order valence-corrected chi connectivity index (χ1v) is 9.77. The summed E-state index contributed by atoms with van der Waals surface area (Å²) >= 11 is 0. The molecule has 7 heteroatoms. The fraction of sp³-hybridized carbons (Fsp3) is 0.545. The van der Waals surface area contributed by atoms with Crippen molar-refractivity contribution in [1.29, 1.82) is 0 Å². The molecule has 1 heterocycles. The molecular formula is C22H28O7. The highest BCUT2D eigenvalue weighted by atomic mass is 16.6. The molecule has 0 aromatic rings. The van der Waals surface area contributed by atoms with Crippen LogP contribution in [0, 0.1) is 11.8 Å². The van der Waals surface area contributed by atoms with Crippen molar-refractivity contribution in [2.45, 2.75) is 58.7 Å². The highest BCUT2D eigenvalue weighted by molar-refractivity contribution is 5.91. The van der Waals surface area contributed by atoms with Crippen molar-refractivity contribution in [2.75, 3.05) is 6.61 Å². The van der Waals surface area contributed by atoms with Gasteiger partial charge >= 0.3 is 17.9 Å². The van der Waals surface area contributed by atoms with Crippen LogP contribution in [0.5, 0.6) is 0 Å². The lowest BCUT2D eigenvalue weighted by molar-refractivity contribution is -0.153. The van der Waals surface area contributed by atoms with Gasteiger partial charge in [-0.3, -0.25) is 14.4 Å². The number of carbonyl (C=O) groups is 4. The third kappa shape index (κ3) is 6.41. The Balaban J connectivity index is 2.38. The van der Waals surface area contributed by atoms with E-state index in [1.54, 1.807) is 12.2 Å². The van der Waals surface area contributed by atoms with Crippen molar-refractivity contribution in [3.63, 3.8) is 0 Å². The molecule has 0 spiro atoms. The molecule has 2 rings (SSSR count). The summed E-state index contributed by atoms with van der Waals surface area (Å²) in [6.07, 6.45) is 4.27. The maximum absolute atomic E-state index is 12.3. The van der Waals surface area contributed by atoms with Gasteiger partial charge in [0.25, 0.3) is 0 Å². The fourth-order valence-corrected chi connectivity index (χ4v) is 3.46. The molecule has 0 aromatic carbocycles. The Morgan fingerprint density at radius 2 is 2.10 bits per heavy atom. The molecule has 1 aliphatic heterocycles. The molecule has 158 valence electrons. The Bertz CT molecular complexity index is 744. The van der Waals surface area contributed by atoms with Gasteiger partial charge in [-0.15, -0.1) is 0 Å². The molecule has 2 aliphatic rings. The van der Waals surface area contributed by atoms with Gasteiger partial charge in [-0.25, -0.2) is 4.79 Å². The number of ether oxygens (including phenoxy) is 3. The maximum Gasteiger partial charge on any atom is 0.334 e. The van der Waals surface area contributed by atoms with Crippen molar-refractivity contribution >= 4 is 24.2 Å². The highest BCUT2D eigenvalue weighted by Crippen LogP contribution is 2.36. The first-order valence-electron chi connectivity index (χ1n) is 9.77. The molecule has 0 bridgehead atoms. The largest absolute Gasteiger partial charge is 0.461 e. The van der Waals surface area contributed by atoms with E-state index in [9.17, 15) is 19.2 Å². The Morgan fingerprint density at radius 1 is 1.38 bits per heavy atom. The van der Waals surface area contributed by atoms with Crippen molar-refractivity contribution in [3.8, 4) is 0 Å². The van der Waals surface area contributed by atoms with E-state index in [0.29, 0.717) is 18.4 Å². The minimum Gasteiger partial charge on any atom is -0.461 e. The minimum atomic E-state index is -0.758. The molecule has 0 radical (unpaired) electrons. The standard InChI is InChI=1S/C22H28O7/c1-13(2)8-20(25)28-18-9-16(11-23)6-5-7-17(12-27-15(4)24)10-19-21(18)14(3)22(26)29-19/h6,10-11,13,18-19,21H,3,5,7-9,12H2,1-2,4H3/b16-6+,17-10-. The van der Waals surface area contributed by atoms with Gasteiger partial charge in [0.05, 0.1) is 5.92 Å². The summed E-state index contributed by atoms with van der Waals surface area (Å²) < 4.78 is 16.2. The van der Waals surface area contributed by atoms with Crippen LogP contribution >= 0.6 is 0 Å². The predicted octanol–water partition coefficient (Wildman–Crippen LogP) is 2.84. The summed E-state index contributed by atoms with van der Waals surface area (Å²) in [5.74, 6) is -1.89. The predicted molar refractivity (Wildman–Crippen MR) is 105 cm³/mol. The van der Waals surface area contributed by atoms with Crippen LogP contribution in [0.3, 0.4) is 0 Å². The van der Waals surface area contributed by atoms with E-state index in [0.717, 1.165) is 11.9 Å². The Kier molecular flexibility index (Phi) is 7.93. The molecule has 7 nitrogen and oxygen atoms in total. The van der Waals surface area contributed by atoms with Gasteiger partial charge in [-0.1, -0.05) is 26.5 Å². The summed E-state index contributed by atoms with van der Waals surface area (Å²) in [6, 6.07) is 0. The molecule has 0 aromatic heterocycles. The lowest BCUT2D eigenvalue weighted by Gasteiger charge is -2.27. The average molecular weight is 404 g/mol. The molecule has 1 saturated heterocycles. The lowest BCUT2D eigenvalue weighted by Crippen LogP contribution is -2.34. The van der Waals surface area contributed by atoms with Gasteiger partial charge in [-0.05, 0) is 36.0 Å².